The van der Waals surface area contributed by atoms with E-state index in [0.29, 0.717) is 11.6 Å². The van der Waals surface area contributed by atoms with Crippen molar-refractivity contribution < 1.29 is 4.74 Å². The number of hydrogen-bond acceptors (Lipinski definition) is 5. The summed E-state index contributed by atoms with van der Waals surface area (Å²) in [5, 5.41) is 7.23. The Hall–Kier alpha value is -2.96. The number of aromatic nitrogens is 2. The van der Waals surface area contributed by atoms with E-state index in [0.717, 1.165) is 5.56 Å². The molecule has 19 heavy (non-hydrogen) atoms. The fourth-order valence-corrected chi connectivity index (χ4v) is 1.28. The van der Waals surface area contributed by atoms with Crippen LogP contribution >= 0.6 is 0 Å². The second-order valence-electron chi connectivity index (χ2n) is 3.49. The summed E-state index contributed by atoms with van der Waals surface area (Å²) in [6.07, 6.45) is 6.17. The van der Waals surface area contributed by atoms with Crippen molar-refractivity contribution in [2.75, 3.05) is 0 Å². The average molecular weight is 256 g/mol. The first-order valence-electron chi connectivity index (χ1n) is 5.40. The highest BCUT2D eigenvalue weighted by molar-refractivity contribution is 5.82. The van der Waals surface area contributed by atoms with Gasteiger partial charge in [0, 0.05) is 12.4 Å². The fraction of sp³-hybridized carbons (Fsp3) is 0. The monoisotopic (exact) mass is 256 g/mol. The molecule has 0 aliphatic carbocycles. The summed E-state index contributed by atoms with van der Waals surface area (Å²) in [7, 11) is 0. The third-order valence-corrected chi connectivity index (χ3v) is 2.00. The van der Waals surface area contributed by atoms with Crippen molar-refractivity contribution >= 4 is 12.2 Å². The first-order chi connectivity index (χ1) is 9.24. The zero-order chi connectivity index (χ0) is 13.5. The molecule has 4 N–H and O–H groups in total. The smallest absolute Gasteiger partial charge is 0.237 e. The van der Waals surface area contributed by atoms with E-state index < -0.39 is 0 Å². The molecule has 7 heteroatoms. The summed E-state index contributed by atoms with van der Waals surface area (Å²) in [6, 6.07) is 7.24. The SMILES string of the molecule is NC(N)=NN=Cc1cccc(Oc2cnccn2)c1. The van der Waals surface area contributed by atoms with Gasteiger partial charge in [-0.2, -0.15) is 5.10 Å². The molecule has 96 valence electrons. The number of ether oxygens (including phenoxy) is 1. The lowest BCUT2D eigenvalue weighted by molar-refractivity contribution is 0.460. The summed E-state index contributed by atoms with van der Waals surface area (Å²) >= 11 is 0. The Labute approximate surface area is 109 Å². The summed E-state index contributed by atoms with van der Waals surface area (Å²) in [6.45, 7) is 0. The van der Waals surface area contributed by atoms with Gasteiger partial charge in [0.05, 0.1) is 12.4 Å². The first kappa shape index (κ1) is 12.5. The van der Waals surface area contributed by atoms with Crippen molar-refractivity contribution in [1.82, 2.24) is 9.97 Å². The Morgan fingerprint density at radius 2 is 2.16 bits per heavy atom. The van der Waals surface area contributed by atoms with Gasteiger partial charge in [-0.1, -0.05) is 12.1 Å². The molecule has 0 aliphatic rings. The third-order valence-electron chi connectivity index (χ3n) is 2.00. The van der Waals surface area contributed by atoms with Gasteiger partial charge in [0.2, 0.25) is 11.8 Å². The van der Waals surface area contributed by atoms with Crippen LogP contribution in [0.15, 0.2) is 53.1 Å². The molecule has 0 saturated heterocycles. The van der Waals surface area contributed by atoms with Crippen molar-refractivity contribution in [1.29, 1.82) is 0 Å². The van der Waals surface area contributed by atoms with Gasteiger partial charge in [-0.25, -0.2) is 4.98 Å². The Kier molecular flexibility index (Phi) is 4.01. The summed E-state index contributed by atoms with van der Waals surface area (Å²) < 4.78 is 5.53. The van der Waals surface area contributed by atoms with Crippen LogP contribution in [-0.2, 0) is 0 Å². The summed E-state index contributed by atoms with van der Waals surface area (Å²) in [5.74, 6) is 0.943. The minimum atomic E-state index is -0.0942. The van der Waals surface area contributed by atoms with Crippen molar-refractivity contribution in [3.63, 3.8) is 0 Å². The molecular weight excluding hydrogens is 244 g/mol. The highest BCUT2D eigenvalue weighted by atomic mass is 16.5. The number of rotatable bonds is 4. The molecule has 0 amide bonds. The van der Waals surface area contributed by atoms with Crippen LogP contribution in [0.5, 0.6) is 11.6 Å². The van der Waals surface area contributed by atoms with E-state index in [1.165, 1.54) is 12.4 Å². The van der Waals surface area contributed by atoms with Crippen LogP contribution in [0.2, 0.25) is 0 Å². The van der Waals surface area contributed by atoms with E-state index in [2.05, 4.69) is 20.2 Å². The maximum absolute atomic E-state index is 5.53. The number of nitrogens with zero attached hydrogens (tertiary/aromatic N) is 4. The van der Waals surface area contributed by atoms with Crippen LogP contribution in [0.4, 0.5) is 0 Å². The van der Waals surface area contributed by atoms with Crippen molar-refractivity contribution in [2.24, 2.45) is 21.7 Å². The maximum Gasteiger partial charge on any atom is 0.237 e. The molecule has 0 unspecified atom stereocenters. The molecule has 1 aromatic carbocycles. The van der Waals surface area contributed by atoms with Gasteiger partial charge >= 0.3 is 0 Å². The molecule has 0 atom stereocenters. The molecule has 0 fully saturated rings. The molecule has 0 saturated carbocycles. The average Bonchev–Trinajstić information content (AvgIpc) is 2.40. The molecule has 7 nitrogen and oxygen atoms in total. The fourth-order valence-electron chi connectivity index (χ4n) is 1.28. The number of hydrogen-bond donors (Lipinski definition) is 2. The standard InChI is InChI=1S/C12H12N6O/c13-12(14)18-17-7-9-2-1-3-10(6-9)19-11-8-15-4-5-16-11/h1-8H,(H4,13,14,18). The van der Waals surface area contributed by atoms with E-state index >= 15 is 0 Å². The van der Waals surface area contributed by atoms with E-state index in [1.807, 2.05) is 12.1 Å². The van der Waals surface area contributed by atoms with Crippen molar-refractivity contribution in [3.05, 3.63) is 48.4 Å². The second kappa shape index (κ2) is 6.10. The molecule has 2 aromatic rings. The third kappa shape index (κ3) is 4.08. The van der Waals surface area contributed by atoms with Gasteiger partial charge in [-0.3, -0.25) is 4.98 Å². The zero-order valence-electron chi connectivity index (χ0n) is 9.97. The molecule has 0 radical (unpaired) electrons. The number of guanidine groups is 1. The van der Waals surface area contributed by atoms with Crippen molar-refractivity contribution in [3.8, 4) is 11.6 Å². The highest BCUT2D eigenvalue weighted by Crippen LogP contribution is 2.18. The van der Waals surface area contributed by atoms with Crippen LogP contribution in [-0.4, -0.2) is 22.1 Å². The predicted molar refractivity (Wildman–Crippen MR) is 72.0 cm³/mol. The molecule has 0 spiro atoms. The van der Waals surface area contributed by atoms with E-state index in [1.54, 1.807) is 24.5 Å². The Morgan fingerprint density at radius 1 is 1.26 bits per heavy atom. The largest absolute Gasteiger partial charge is 0.437 e. The van der Waals surface area contributed by atoms with Gasteiger partial charge in [-0.05, 0) is 17.7 Å². The van der Waals surface area contributed by atoms with Crippen molar-refractivity contribution in [2.45, 2.75) is 0 Å². The van der Waals surface area contributed by atoms with Gasteiger partial charge in [0.25, 0.3) is 0 Å². The lowest BCUT2D eigenvalue weighted by Crippen LogP contribution is -2.21. The minimum Gasteiger partial charge on any atom is -0.437 e. The van der Waals surface area contributed by atoms with E-state index in [-0.39, 0.29) is 5.96 Å². The number of nitrogens with two attached hydrogens (primary N) is 2. The van der Waals surface area contributed by atoms with E-state index in [4.69, 9.17) is 16.2 Å². The molecule has 2 rings (SSSR count). The maximum atomic E-state index is 5.53. The first-order valence-corrected chi connectivity index (χ1v) is 5.40. The summed E-state index contributed by atoms with van der Waals surface area (Å²) in [4.78, 5) is 7.93. The molecule has 1 aromatic heterocycles. The highest BCUT2D eigenvalue weighted by Gasteiger charge is 1.98. The lowest BCUT2D eigenvalue weighted by Gasteiger charge is -2.03. The van der Waals surface area contributed by atoms with Gasteiger partial charge in [0.15, 0.2) is 0 Å². The zero-order valence-corrected chi connectivity index (χ0v) is 9.97. The second-order valence-corrected chi connectivity index (χ2v) is 3.49. The normalized spacial score (nSPS) is 10.3. The molecule has 0 aliphatic heterocycles. The molecular formula is C12H12N6O. The van der Waals surface area contributed by atoms with Crippen LogP contribution in [0, 0.1) is 0 Å². The predicted octanol–water partition coefficient (Wildman–Crippen LogP) is 0.876. The quantitative estimate of drug-likeness (QED) is 0.479. The lowest BCUT2D eigenvalue weighted by atomic mass is 10.2. The summed E-state index contributed by atoms with van der Waals surface area (Å²) in [5.41, 5.74) is 11.1. The Bertz CT molecular complexity index is 592. The molecule has 0 bridgehead atoms. The Balaban J connectivity index is 2.11. The van der Waals surface area contributed by atoms with Crippen LogP contribution in [0.25, 0.3) is 0 Å². The Morgan fingerprint density at radius 3 is 2.89 bits per heavy atom. The topological polar surface area (TPSA) is 112 Å². The van der Waals surface area contributed by atoms with Crippen LogP contribution < -0.4 is 16.2 Å². The number of benzene rings is 1. The van der Waals surface area contributed by atoms with Crippen LogP contribution in [0.1, 0.15) is 5.56 Å². The minimum absolute atomic E-state index is 0.0942. The van der Waals surface area contributed by atoms with Gasteiger partial charge in [-0.15, -0.1) is 5.10 Å². The van der Waals surface area contributed by atoms with E-state index in [9.17, 15) is 0 Å². The van der Waals surface area contributed by atoms with Crippen LogP contribution in [0.3, 0.4) is 0 Å². The van der Waals surface area contributed by atoms with Gasteiger partial charge in [0.1, 0.15) is 5.75 Å². The molecule has 1 heterocycles. The van der Waals surface area contributed by atoms with Gasteiger partial charge < -0.3 is 16.2 Å².